The molecule has 0 aliphatic carbocycles. The number of fused-ring (bicyclic) bond motifs is 1. The molecule has 0 bridgehead atoms. The number of esters is 2. The summed E-state index contributed by atoms with van der Waals surface area (Å²) in [6.45, 7) is 11.0. The maximum atomic E-state index is 13.5. The number of carbonyl (C=O) groups excluding carboxylic acids is 2. The fraction of sp³-hybridized carbons (Fsp3) is 0.321. The van der Waals surface area contributed by atoms with E-state index >= 15 is 0 Å². The molecule has 0 N–H and O–H groups in total. The van der Waals surface area contributed by atoms with Crippen LogP contribution in [-0.2, 0) is 26.3 Å². The minimum Gasteiger partial charge on any atom is -0.461 e. The third-order valence-corrected chi connectivity index (χ3v) is 5.94. The number of aryl methyl sites for hydroxylation is 1. The minimum absolute atomic E-state index is 0.0173. The minimum atomic E-state index is -0.626. The molecule has 37 heavy (non-hydrogen) atoms. The van der Waals surface area contributed by atoms with Gasteiger partial charge in [-0.1, -0.05) is 32.9 Å². The van der Waals surface area contributed by atoms with E-state index in [1.807, 2.05) is 12.1 Å². The second-order valence-corrected chi connectivity index (χ2v) is 9.65. The third kappa shape index (κ3) is 5.16. The Morgan fingerprint density at radius 1 is 1.11 bits per heavy atom. The first-order valence-electron chi connectivity index (χ1n) is 11.9. The van der Waals surface area contributed by atoms with Crippen molar-refractivity contribution in [3.63, 3.8) is 0 Å². The zero-order chi connectivity index (χ0) is 26.9. The number of hydrogen-bond donors (Lipinski definition) is 0. The Morgan fingerprint density at radius 2 is 1.86 bits per heavy atom. The van der Waals surface area contributed by atoms with E-state index in [0.717, 1.165) is 10.9 Å². The predicted octanol–water partition coefficient (Wildman–Crippen LogP) is 4.89. The summed E-state index contributed by atoms with van der Waals surface area (Å²) in [6, 6.07) is 10.8. The van der Waals surface area contributed by atoms with Gasteiger partial charge in [0.1, 0.15) is 6.61 Å². The van der Waals surface area contributed by atoms with E-state index in [1.54, 1.807) is 44.3 Å². The van der Waals surface area contributed by atoms with Gasteiger partial charge in [-0.05, 0) is 49.1 Å². The van der Waals surface area contributed by atoms with Crippen LogP contribution in [0.2, 0.25) is 0 Å². The van der Waals surface area contributed by atoms with Crippen molar-refractivity contribution in [2.75, 3.05) is 6.61 Å². The zero-order valence-electron chi connectivity index (χ0n) is 21.7. The molecule has 192 valence electrons. The first kappa shape index (κ1) is 25.8. The van der Waals surface area contributed by atoms with Gasteiger partial charge in [0.15, 0.2) is 0 Å². The van der Waals surface area contributed by atoms with E-state index in [2.05, 4.69) is 30.9 Å². The molecule has 0 atom stereocenters. The highest BCUT2D eigenvalue weighted by molar-refractivity contribution is 5.88. The third-order valence-electron chi connectivity index (χ3n) is 5.94. The van der Waals surface area contributed by atoms with Crippen LogP contribution in [0.3, 0.4) is 0 Å². The van der Waals surface area contributed by atoms with Crippen LogP contribution in [0.1, 0.15) is 62.0 Å². The van der Waals surface area contributed by atoms with Crippen LogP contribution in [0.4, 0.5) is 0 Å². The number of rotatable bonds is 6. The molecule has 2 aromatic heterocycles. The van der Waals surface area contributed by atoms with Crippen LogP contribution in [0.25, 0.3) is 27.9 Å². The van der Waals surface area contributed by atoms with Gasteiger partial charge in [0.25, 0.3) is 5.56 Å². The number of aromatic nitrogens is 3. The van der Waals surface area contributed by atoms with Crippen LogP contribution >= 0.6 is 0 Å². The Balaban J connectivity index is 1.89. The van der Waals surface area contributed by atoms with Crippen molar-refractivity contribution in [3.8, 4) is 17.1 Å². The molecule has 9 heteroatoms. The highest BCUT2D eigenvalue weighted by atomic mass is 16.5. The van der Waals surface area contributed by atoms with Crippen molar-refractivity contribution in [1.82, 2.24) is 14.8 Å². The van der Waals surface area contributed by atoms with Gasteiger partial charge in [-0.25, -0.2) is 9.78 Å². The summed E-state index contributed by atoms with van der Waals surface area (Å²) in [6.07, 6.45) is 1.64. The van der Waals surface area contributed by atoms with Crippen molar-refractivity contribution in [2.45, 2.75) is 53.6 Å². The van der Waals surface area contributed by atoms with Gasteiger partial charge in [0.05, 0.1) is 29.6 Å². The van der Waals surface area contributed by atoms with E-state index < -0.39 is 11.9 Å². The Morgan fingerprint density at radius 3 is 2.54 bits per heavy atom. The van der Waals surface area contributed by atoms with Crippen molar-refractivity contribution in [3.05, 3.63) is 75.5 Å². The topological polar surface area (TPSA) is 114 Å². The molecule has 9 nitrogen and oxygen atoms in total. The van der Waals surface area contributed by atoms with Crippen LogP contribution in [0, 0.1) is 6.92 Å². The molecule has 0 unspecified atom stereocenters. The molecule has 0 fully saturated rings. The quantitative estimate of drug-likeness (QED) is 0.342. The monoisotopic (exact) mass is 503 g/mol. The molecule has 0 saturated carbocycles. The largest absolute Gasteiger partial charge is 0.461 e. The van der Waals surface area contributed by atoms with Crippen LogP contribution in [-0.4, -0.2) is 33.3 Å². The summed E-state index contributed by atoms with van der Waals surface area (Å²) in [7, 11) is 0. The molecule has 4 rings (SSSR count). The molecule has 0 amide bonds. The molecule has 2 heterocycles. The molecule has 0 aliphatic heterocycles. The van der Waals surface area contributed by atoms with E-state index in [-0.39, 0.29) is 35.8 Å². The fourth-order valence-corrected chi connectivity index (χ4v) is 3.99. The average molecular weight is 504 g/mol. The summed E-state index contributed by atoms with van der Waals surface area (Å²) < 4.78 is 17.4. The van der Waals surface area contributed by atoms with Gasteiger partial charge >= 0.3 is 11.9 Å². The number of oxazole rings is 1. The van der Waals surface area contributed by atoms with Crippen LogP contribution < -0.4 is 5.56 Å². The van der Waals surface area contributed by atoms with Gasteiger partial charge in [0, 0.05) is 23.4 Å². The normalized spacial score (nSPS) is 11.5. The van der Waals surface area contributed by atoms with Crippen molar-refractivity contribution in [1.29, 1.82) is 0 Å². The molecular weight excluding hydrogens is 474 g/mol. The first-order chi connectivity index (χ1) is 17.5. The molecule has 0 aliphatic rings. The van der Waals surface area contributed by atoms with Gasteiger partial charge in [-0.15, -0.1) is 0 Å². The predicted molar refractivity (Wildman–Crippen MR) is 138 cm³/mol. The number of carbonyl (C=O) groups is 2. The Labute approximate surface area is 214 Å². The SMILES string of the molecule is CCOC(=O)c1oc(-c2cccc(-n3ncc4cc(C(C)(C)C)ccc4c3=O)c2COC(C)=O)nc1C. The number of benzene rings is 2. The second-order valence-electron chi connectivity index (χ2n) is 9.65. The maximum absolute atomic E-state index is 13.5. The lowest BCUT2D eigenvalue weighted by Crippen LogP contribution is -2.23. The molecule has 0 saturated heterocycles. The van der Waals surface area contributed by atoms with E-state index in [4.69, 9.17) is 13.9 Å². The maximum Gasteiger partial charge on any atom is 0.376 e. The van der Waals surface area contributed by atoms with Crippen molar-refractivity contribution in [2.24, 2.45) is 0 Å². The van der Waals surface area contributed by atoms with Gasteiger partial charge < -0.3 is 13.9 Å². The van der Waals surface area contributed by atoms with Crippen molar-refractivity contribution < 1.29 is 23.5 Å². The summed E-state index contributed by atoms with van der Waals surface area (Å²) in [5.41, 5.74) is 2.35. The lowest BCUT2D eigenvalue weighted by Gasteiger charge is -2.19. The lowest BCUT2D eigenvalue weighted by atomic mass is 9.86. The zero-order valence-corrected chi connectivity index (χ0v) is 21.7. The second kappa shape index (κ2) is 10.0. The van der Waals surface area contributed by atoms with Crippen LogP contribution in [0.15, 0.2) is 51.8 Å². The van der Waals surface area contributed by atoms with Crippen LogP contribution in [0.5, 0.6) is 0 Å². The van der Waals surface area contributed by atoms with Gasteiger partial charge in [0.2, 0.25) is 11.7 Å². The summed E-state index contributed by atoms with van der Waals surface area (Å²) in [5.74, 6) is -1.01. The van der Waals surface area contributed by atoms with E-state index in [1.165, 1.54) is 11.6 Å². The molecular formula is C28H29N3O6. The summed E-state index contributed by atoms with van der Waals surface area (Å²) in [5, 5.41) is 5.67. The molecule has 0 spiro atoms. The number of ether oxygens (including phenoxy) is 2. The molecule has 0 radical (unpaired) electrons. The highest BCUT2D eigenvalue weighted by Gasteiger charge is 2.24. The van der Waals surface area contributed by atoms with E-state index in [0.29, 0.717) is 27.9 Å². The Bertz CT molecular complexity index is 1560. The highest BCUT2D eigenvalue weighted by Crippen LogP contribution is 2.31. The smallest absolute Gasteiger partial charge is 0.376 e. The lowest BCUT2D eigenvalue weighted by molar-refractivity contribution is -0.142. The molecule has 4 aromatic rings. The average Bonchev–Trinajstić information content (AvgIpc) is 3.23. The van der Waals surface area contributed by atoms with Crippen molar-refractivity contribution >= 4 is 22.7 Å². The standard InChI is InChI=1S/C28H29N3O6/c1-7-35-27(34)24-16(2)30-25(37-24)21-9-8-10-23(22(21)15-36-17(3)32)31-26(33)20-12-11-19(28(4,5)6)13-18(20)14-29-31/h8-14H,7,15H2,1-6H3. The number of hydrogen-bond acceptors (Lipinski definition) is 8. The summed E-state index contributed by atoms with van der Waals surface area (Å²) >= 11 is 0. The fourth-order valence-electron chi connectivity index (χ4n) is 3.99. The summed E-state index contributed by atoms with van der Waals surface area (Å²) in [4.78, 5) is 41.9. The number of nitrogens with zero attached hydrogens (tertiary/aromatic N) is 3. The van der Waals surface area contributed by atoms with Gasteiger partial charge in [-0.2, -0.15) is 9.78 Å². The molecule has 2 aromatic carbocycles. The Hall–Kier alpha value is -4.27. The van der Waals surface area contributed by atoms with E-state index in [9.17, 15) is 14.4 Å². The first-order valence-corrected chi connectivity index (χ1v) is 11.9. The Kier molecular flexibility index (Phi) is 6.98. The van der Waals surface area contributed by atoms with Gasteiger partial charge in [-0.3, -0.25) is 9.59 Å².